The number of phenols is 1. The Morgan fingerprint density at radius 3 is 2.55 bits per heavy atom. The van der Waals surface area contributed by atoms with Crippen LogP contribution in [0.5, 0.6) is 5.75 Å². The van der Waals surface area contributed by atoms with Crippen LogP contribution >= 0.6 is 0 Å². The minimum Gasteiger partial charge on any atom is -0.508 e. The number of amides is 1. The number of benzene rings is 1. The molecule has 3 N–H and O–H groups in total. The van der Waals surface area contributed by atoms with Crippen molar-refractivity contribution in [3.8, 4) is 5.75 Å². The van der Waals surface area contributed by atoms with Gasteiger partial charge in [-0.1, -0.05) is 6.07 Å². The zero-order valence-electron chi connectivity index (χ0n) is 13.7. The second kappa shape index (κ2) is 7.45. The number of hydrogen-bond acceptors (Lipinski definition) is 4. The Morgan fingerprint density at radius 1 is 1.36 bits per heavy atom. The van der Waals surface area contributed by atoms with Crippen LogP contribution in [0.4, 0.5) is 9.18 Å². The van der Waals surface area contributed by atoms with Crippen molar-refractivity contribution in [3.05, 3.63) is 29.6 Å². The van der Waals surface area contributed by atoms with Crippen LogP contribution in [0.1, 0.15) is 46.2 Å². The first kappa shape index (κ1) is 18.2. The van der Waals surface area contributed by atoms with E-state index in [0.29, 0.717) is 12.1 Å². The normalized spacial score (nSPS) is 14.3. The molecular weight excluding hydrogens is 287 g/mol. The SMILES string of the molecule is CC(CNC(C)c1ccc(O)cc1F)NC(=O)OC(C)(C)C. The maximum Gasteiger partial charge on any atom is 0.407 e. The Kier molecular flexibility index (Phi) is 6.17. The lowest BCUT2D eigenvalue weighted by atomic mass is 10.1. The standard InChI is InChI=1S/C16H25FN2O3/c1-10(19-15(21)22-16(3,4)5)9-18-11(2)13-7-6-12(20)8-14(13)17/h6-8,10-11,18,20H,9H2,1-5H3,(H,19,21). The zero-order valence-corrected chi connectivity index (χ0v) is 13.7. The van der Waals surface area contributed by atoms with E-state index in [9.17, 15) is 14.3 Å². The molecule has 22 heavy (non-hydrogen) atoms. The summed E-state index contributed by atoms with van der Waals surface area (Å²) < 4.78 is 18.9. The summed E-state index contributed by atoms with van der Waals surface area (Å²) >= 11 is 0. The second-order valence-electron chi connectivity index (χ2n) is 6.38. The van der Waals surface area contributed by atoms with Crippen LogP contribution in [-0.2, 0) is 4.74 Å². The Bertz CT molecular complexity index is 515. The van der Waals surface area contributed by atoms with E-state index in [1.165, 1.54) is 12.1 Å². The molecule has 0 saturated carbocycles. The van der Waals surface area contributed by atoms with E-state index in [0.717, 1.165) is 6.07 Å². The van der Waals surface area contributed by atoms with E-state index in [1.54, 1.807) is 20.8 Å². The molecule has 1 amide bonds. The molecule has 0 aliphatic rings. The van der Waals surface area contributed by atoms with Crippen molar-refractivity contribution in [2.75, 3.05) is 6.54 Å². The lowest BCUT2D eigenvalue weighted by molar-refractivity contribution is 0.0507. The average molecular weight is 312 g/mol. The molecule has 0 aliphatic heterocycles. The number of carbonyl (C=O) groups excluding carboxylic acids is 1. The highest BCUT2D eigenvalue weighted by atomic mass is 19.1. The summed E-state index contributed by atoms with van der Waals surface area (Å²) in [5.74, 6) is -0.568. The maximum absolute atomic E-state index is 13.7. The monoisotopic (exact) mass is 312 g/mol. The molecule has 5 nitrogen and oxygen atoms in total. The number of nitrogens with one attached hydrogen (secondary N) is 2. The van der Waals surface area contributed by atoms with E-state index in [1.807, 2.05) is 13.8 Å². The number of halogens is 1. The van der Waals surface area contributed by atoms with Crippen LogP contribution in [-0.4, -0.2) is 29.4 Å². The summed E-state index contributed by atoms with van der Waals surface area (Å²) in [6.45, 7) is 9.49. The van der Waals surface area contributed by atoms with Gasteiger partial charge in [0, 0.05) is 30.3 Å². The van der Waals surface area contributed by atoms with Gasteiger partial charge < -0.3 is 20.5 Å². The molecule has 0 aliphatic carbocycles. The van der Waals surface area contributed by atoms with Gasteiger partial charge in [-0.05, 0) is 40.7 Å². The largest absolute Gasteiger partial charge is 0.508 e. The van der Waals surface area contributed by atoms with Gasteiger partial charge in [0.15, 0.2) is 0 Å². The number of ether oxygens (including phenoxy) is 1. The molecule has 0 radical (unpaired) electrons. The third kappa shape index (κ3) is 6.30. The smallest absolute Gasteiger partial charge is 0.407 e. The van der Waals surface area contributed by atoms with E-state index < -0.39 is 17.5 Å². The number of carbonyl (C=O) groups is 1. The van der Waals surface area contributed by atoms with Gasteiger partial charge >= 0.3 is 6.09 Å². The van der Waals surface area contributed by atoms with Crippen molar-refractivity contribution in [1.29, 1.82) is 0 Å². The van der Waals surface area contributed by atoms with Crippen LogP contribution in [0, 0.1) is 5.82 Å². The summed E-state index contributed by atoms with van der Waals surface area (Å²) in [7, 11) is 0. The summed E-state index contributed by atoms with van der Waals surface area (Å²) in [6, 6.07) is 3.64. The molecule has 6 heteroatoms. The number of rotatable bonds is 5. The van der Waals surface area contributed by atoms with Gasteiger partial charge in [-0.25, -0.2) is 9.18 Å². The molecule has 0 saturated heterocycles. The first-order chi connectivity index (χ1) is 10.1. The van der Waals surface area contributed by atoms with E-state index in [4.69, 9.17) is 4.74 Å². The first-order valence-electron chi connectivity index (χ1n) is 7.30. The summed E-state index contributed by atoms with van der Waals surface area (Å²) in [5.41, 5.74) is -0.0815. The summed E-state index contributed by atoms with van der Waals surface area (Å²) in [4.78, 5) is 11.6. The van der Waals surface area contributed by atoms with Crippen molar-refractivity contribution >= 4 is 6.09 Å². The Hall–Kier alpha value is -1.82. The number of hydrogen-bond donors (Lipinski definition) is 3. The maximum atomic E-state index is 13.7. The van der Waals surface area contributed by atoms with Gasteiger partial charge in [-0.2, -0.15) is 0 Å². The van der Waals surface area contributed by atoms with Crippen LogP contribution in [0.3, 0.4) is 0 Å². The van der Waals surface area contributed by atoms with Crippen LogP contribution < -0.4 is 10.6 Å². The number of phenolic OH excluding ortho intramolecular Hbond substituents is 1. The lowest BCUT2D eigenvalue weighted by Gasteiger charge is -2.23. The topological polar surface area (TPSA) is 70.6 Å². The fourth-order valence-corrected chi connectivity index (χ4v) is 1.89. The van der Waals surface area contributed by atoms with Gasteiger partial charge in [0.1, 0.15) is 17.2 Å². The zero-order chi connectivity index (χ0) is 16.9. The quantitative estimate of drug-likeness (QED) is 0.781. The fraction of sp³-hybridized carbons (Fsp3) is 0.562. The van der Waals surface area contributed by atoms with E-state index in [2.05, 4.69) is 10.6 Å². The summed E-state index contributed by atoms with van der Waals surface area (Å²) in [5, 5.41) is 15.1. The first-order valence-corrected chi connectivity index (χ1v) is 7.30. The van der Waals surface area contributed by atoms with Crippen molar-refractivity contribution < 1.29 is 19.0 Å². The van der Waals surface area contributed by atoms with Gasteiger partial charge in [0.05, 0.1) is 0 Å². The molecule has 2 atom stereocenters. The number of aromatic hydroxyl groups is 1. The van der Waals surface area contributed by atoms with E-state index >= 15 is 0 Å². The molecule has 1 aromatic rings. The Balaban J connectivity index is 2.46. The van der Waals surface area contributed by atoms with Crippen molar-refractivity contribution in [2.24, 2.45) is 0 Å². The molecular formula is C16H25FN2O3. The molecule has 0 spiro atoms. The molecule has 0 heterocycles. The van der Waals surface area contributed by atoms with Gasteiger partial charge in [-0.3, -0.25) is 0 Å². The van der Waals surface area contributed by atoms with Crippen LogP contribution in [0.2, 0.25) is 0 Å². The highest BCUT2D eigenvalue weighted by Crippen LogP contribution is 2.20. The second-order valence-corrected chi connectivity index (χ2v) is 6.38. The van der Waals surface area contributed by atoms with Crippen molar-refractivity contribution in [3.63, 3.8) is 0 Å². The lowest BCUT2D eigenvalue weighted by Crippen LogP contribution is -2.43. The van der Waals surface area contributed by atoms with Crippen molar-refractivity contribution in [1.82, 2.24) is 10.6 Å². The predicted molar refractivity (Wildman–Crippen MR) is 83.3 cm³/mol. The van der Waals surface area contributed by atoms with Gasteiger partial charge in [0.2, 0.25) is 0 Å². The molecule has 0 fully saturated rings. The minimum atomic E-state index is -0.542. The Morgan fingerprint density at radius 2 is 2.00 bits per heavy atom. The molecule has 0 aromatic heterocycles. The molecule has 2 unspecified atom stereocenters. The molecule has 1 rings (SSSR count). The third-order valence-electron chi connectivity index (χ3n) is 2.94. The molecule has 0 bridgehead atoms. The number of alkyl carbamates (subject to hydrolysis) is 1. The predicted octanol–water partition coefficient (Wildman–Crippen LogP) is 3.10. The highest BCUT2D eigenvalue weighted by molar-refractivity contribution is 5.68. The van der Waals surface area contributed by atoms with Crippen LogP contribution in [0.25, 0.3) is 0 Å². The third-order valence-corrected chi connectivity index (χ3v) is 2.94. The molecule has 124 valence electrons. The average Bonchev–Trinajstić information content (AvgIpc) is 2.33. The van der Waals surface area contributed by atoms with Gasteiger partial charge in [-0.15, -0.1) is 0 Å². The fourth-order valence-electron chi connectivity index (χ4n) is 1.89. The minimum absolute atomic E-state index is 0.103. The van der Waals surface area contributed by atoms with Crippen molar-refractivity contribution in [2.45, 2.75) is 52.3 Å². The Labute approximate surface area is 130 Å². The summed E-state index contributed by atoms with van der Waals surface area (Å²) in [6.07, 6.45) is -0.481. The van der Waals surface area contributed by atoms with Crippen LogP contribution in [0.15, 0.2) is 18.2 Å². The van der Waals surface area contributed by atoms with E-state index in [-0.39, 0.29) is 17.8 Å². The highest BCUT2D eigenvalue weighted by Gasteiger charge is 2.18. The van der Waals surface area contributed by atoms with Gasteiger partial charge in [0.25, 0.3) is 0 Å². The molecule has 1 aromatic carbocycles.